The van der Waals surface area contributed by atoms with E-state index in [1.165, 1.54) is 11.3 Å². The molecule has 0 aliphatic carbocycles. The topological polar surface area (TPSA) is 43.6 Å². The number of rotatable bonds is 3. The van der Waals surface area contributed by atoms with Crippen LogP contribution in [0.5, 0.6) is 0 Å². The molecular weight excluding hydrogens is 364 g/mol. The van der Waals surface area contributed by atoms with E-state index in [-0.39, 0.29) is 12.1 Å². The van der Waals surface area contributed by atoms with Gasteiger partial charge in [0.05, 0.1) is 11.8 Å². The monoisotopic (exact) mass is 378 g/mol. The zero-order valence-corrected chi connectivity index (χ0v) is 14.9. The standard InChI is InChI=1S/C16H15BrN2O2S/c1-9(2)21-15(20)14-10(3)19-8-13(18-16(19)22-14)11-4-6-12(17)7-5-11/h4-9H,1-3H3. The van der Waals surface area contributed by atoms with Crippen LogP contribution in [0.4, 0.5) is 0 Å². The van der Waals surface area contributed by atoms with Crippen LogP contribution in [0.25, 0.3) is 16.2 Å². The molecule has 0 bridgehead atoms. The van der Waals surface area contributed by atoms with E-state index >= 15 is 0 Å². The zero-order valence-electron chi connectivity index (χ0n) is 12.5. The van der Waals surface area contributed by atoms with Crippen LogP contribution in [-0.2, 0) is 4.74 Å². The van der Waals surface area contributed by atoms with Crippen LogP contribution in [0, 0.1) is 6.92 Å². The maximum atomic E-state index is 12.1. The first-order valence-corrected chi connectivity index (χ1v) is 8.52. The minimum absolute atomic E-state index is 0.125. The summed E-state index contributed by atoms with van der Waals surface area (Å²) >= 11 is 4.79. The van der Waals surface area contributed by atoms with Gasteiger partial charge >= 0.3 is 5.97 Å². The maximum Gasteiger partial charge on any atom is 0.350 e. The van der Waals surface area contributed by atoms with Crippen molar-refractivity contribution in [1.82, 2.24) is 9.38 Å². The summed E-state index contributed by atoms with van der Waals surface area (Å²) < 4.78 is 8.25. The Morgan fingerprint density at radius 1 is 1.32 bits per heavy atom. The van der Waals surface area contributed by atoms with Crippen LogP contribution in [0.2, 0.25) is 0 Å². The van der Waals surface area contributed by atoms with E-state index in [1.54, 1.807) is 0 Å². The Balaban J connectivity index is 1.99. The minimum atomic E-state index is -0.284. The number of aryl methyl sites for hydroxylation is 1. The van der Waals surface area contributed by atoms with Crippen LogP contribution >= 0.6 is 27.3 Å². The summed E-state index contributed by atoms with van der Waals surface area (Å²) in [5.41, 5.74) is 2.80. The second-order valence-corrected chi connectivity index (χ2v) is 7.15. The van der Waals surface area contributed by atoms with Crippen molar-refractivity contribution in [3.63, 3.8) is 0 Å². The number of halogens is 1. The van der Waals surface area contributed by atoms with Crippen molar-refractivity contribution in [3.8, 4) is 11.3 Å². The van der Waals surface area contributed by atoms with Gasteiger partial charge in [0.1, 0.15) is 4.88 Å². The van der Waals surface area contributed by atoms with Crippen molar-refractivity contribution in [2.24, 2.45) is 0 Å². The highest BCUT2D eigenvalue weighted by Crippen LogP contribution is 2.28. The molecule has 0 radical (unpaired) electrons. The van der Waals surface area contributed by atoms with Crippen LogP contribution in [-0.4, -0.2) is 21.5 Å². The number of carbonyl (C=O) groups is 1. The van der Waals surface area contributed by atoms with Crippen molar-refractivity contribution in [2.45, 2.75) is 26.9 Å². The Kier molecular flexibility index (Phi) is 4.06. The van der Waals surface area contributed by atoms with Gasteiger partial charge in [-0.2, -0.15) is 0 Å². The first kappa shape index (κ1) is 15.2. The number of carbonyl (C=O) groups excluding carboxylic acids is 1. The number of ether oxygens (including phenoxy) is 1. The van der Waals surface area contributed by atoms with Crippen molar-refractivity contribution in [2.75, 3.05) is 0 Å². The largest absolute Gasteiger partial charge is 0.459 e. The molecule has 2 aromatic heterocycles. The van der Waals surface area contributed by atoms with E-state index in [4.69, 9.17) is 4.74 Å². The molecule has 3 rings (SSSR count). The summed E-state index contributed by atoms with van der Waals surface area (Å²) in [6.07, 6.45) is 1.83. The number of nitrogens with zero attached hydrogens (tertiary/aromatic N) is 2. The molecule has 114 valence electrons. The zero-order chi connectivity index (χ0) is 15.9. The van der Waals surface area contributed by atoms with E-state index in [0.29, 0.717) is 4.88 Å². The average Bonchev–Trinajstić information content (AvgIpc) is 2.99. The second kappa shape index (κ2) is 5.85. The van der Waals surface area contributed by atoms with Gasteiger partial charge < -0.3 is 4.74 Å². The van der Waals surface area contributed by atoms with Gasteiger partial charge in [-0.05, 0) is 32.9 Å². The van der Waals surface area contributed by atoms with Crippen molar-refractivity contribution >= 4 is 38.2 Å². The Hall–Kier alpha value is -1.66. The number of hydrogen-bond acceptors (Lipinski definition) is 4. The van der Waals surface area contributed by atoms with Crippen molar-refractivity contribution in [3.05, 3.63) is 45.5 Å². The molecule has 22 heavy (non-hydrogen) atoms. The molecule has 0 amide bonds. The van der Waals surface area contributed by atoms with Gasteiger partial charge in [-0.1, -0.05) is 39.4 Å². The molecule has 0 atom stereocenters. The van der Waals surface area contributed by atoms with Gasteiger partial charge in [0, 0.05) is 21.9 Å². The molecule has 2 heterocycles. The molecule has 0 aliphatic heterocycles. The Morgan fingerprint density at radius 2 is 2.00 bits per heavy atom. The molecule has 0 saturated heterocycles. The Bertz CT molecular complexity index is 834. The van der Waals surface area contributed by atoms with Crippen molar-refractivity contribution in [1.29, 1.82) is 0 Å². The van der Waals surface area contributed by atoms with Gasteiger partial charge in [-0.3, -0.25) is 4.40 Å². The number of fused-ring (bicyclic) bond motifs is 1. The molecule has 1 aromatic carbocycles. The summed E-state index contributed by atoms with van der Waals surface area (Å²) in [7, 11) is 0. The lowest BCUT2D eigenvalue weighted by molar-refractivity contribution is 0.0382. The molecule has 0 aliphatic rings. The smallest absolute Gasteiger partial charge is 0.350 e. The van der Waals surface area contributed by atoms with Gasteiger partial charge in [-0.15, -0.1) is 0 Å². The van der Waals surface area contributed by atoms with Gasteiger partial charge in [-0.25, -0.2) is 9.78 Å². The quantitative estimate of drug-likeness (QED) is 0.620. The van der Waals surface area contributed by atoms with Crippen LogP contribution in [0.1, 0.15) is 29.2 Å². The molecule has 0 spiro atoms. The van der Waals surface area contributed by atoms with Crippen LogP contribution < -0.4 is 0 Å². The Labute approximate surface area is 140 Å². The summed E-state index contributed by atoms with van der Waals surface area (Å²) in [5.74, 6) is -0.284. The molecule has 3 aromatic rings. The maximum absolute atomic E-state index is 12.1. The molecule has 4 nitrogen and oxygen atoms in total. The van der Waals surface area contributed by atoms with Crippen LogP contribution in [0.3, 0.4) is 0 Å². The number of esters is 1. The molecule has 0 unspecified atom stereocenters. The normalized spacial score (nSPS) is 11.3. The van der Waals surface area contributed by atoms with E-state index in [1.807, 2.05) is 55.6 Å². The van der Waals surface area contributed by atoms with E-state index < -0.39 is 0 Å². The molecule has 0 N–H and O–H groups in total. The fourth-order valence-electron chi connectivity index (χ4n) is 2.17. The SMILES string of the molecule is Cc1c(C(=O)OC(C)C)sc2nc(-c3ccc(Br)cc3)cn12. The predicted molar refractivity (Wildman–Crippen MR) is 91.5 cm³/mol. The number of aromatic nitrogens is 2. The van der Waals surface area contributed by atoms with Gasteiger partial charge in [0.2, 0.25) is 0 Å². The second-order valence-electron chi connectivity index (χ2n) is 5.26. The summed E-state index contributed by atoms with van der Waals surface area (Å²) in [4.78, 5) is 18.1. The minimum Gasteiger partial charge on any atom is -0.459 e. The number of benzene rings is 1. The lowest BCUT2D eigenvalue weighted by Crippen LogP contribution is -2.11. The number of thiazole rings is 1. The third-order valence-corrected chi connectivity index (χ3v) is 4.89. The first-order valence-electron chi connectivity index (χ1n) is 6.91. The average molecular weight is 379 g/mol. The van der Waals surface area contributed by atoms with E-state index in [2.05, 4.69) is 20.9 Å². The summed E-state index contributed by atoms with van der Waals surface area (Å²) in [6, 6.07) is 8.00. The highest BCUT2D eigenvalue weighted by atomic mass is 79.9. The fourth-order valence-corrected chi connectivity index (χ4v) is 3.42. The lowest BCUT2D eigenvalue weighted by atomic mass is 10.2. The van der Waals surface area contributed by atoms with Gasteiger partial charge in [0.25, 0.3) is 0 Å². The third-order valence-electron chi connectivity index (χ3n) is 3.22. The lowest BCUT2D eigenvalue weighted by Gasteiger charge is -2.06. The highest BCUT2D eigenvalue weighted by molar-refractivity contribution is 9.10. The molecule has 6 heteroatoms. The highest BCUT2D eigenvalue weighted by Gasteiger charge is 2.19. The Morgan fingerprint density at radius 3 is 2.59 bits per heavy atom. The molecule has 0 saturated carbocycles. The molecular formula is C16H15BrN2O2S. The van der Waals surface area contributed by atoms with E-state index in [9.17, 15) is 4.79 Å². The first-order chi connectivity index (χ1) is 10.5. The molecule has 0 fully saturated rings. The van der Waals surface area contributed by atoms with Gasteiger partial charge in [0.15, 0.2) is 4.96 Å². The fraction of sp³-hybridized carbons (Fsp3) is 0.250. The summed E-state index contributed by atoms with van der Waals surface area (Å²) in [5, 5.41) is 0. The third kappa shape index (κ3) is 2.80. The summed E-state index contributed by atoms with van der Waals surface area (Å²) in [6.45, 7) is 5.60. The predicted octanol–water partition coefficient (Wildman–Crippen LogP) is 4.70. The number of imidazole rings is 1. The van der Waals surface area contributed by atoms with Crippen LogP contribution in [0.15, 0.2) is 34.9 Å². The van der Waals surface area contributed by atoms with Crippen molar-refractivity contribution < 1.29 is 9.53 Å². The van der Waals surface area contributed by atoms with E-state index in [0.717, 1.165) is 26.4 Å². The number of hydrogen-bond donors (Lipinski definition) is 0.